The summed E-state index contributed by atoms with van der Waals surface area (Å²) < 4.78 is 25.0. The van der Waals surface area contributed by atoms with E-state index in [1.165, 1.54) is 31.0 Å². The smallest absolute Gasteiger partial charge is 0.187 e. The third-order valence-corrected chi connectivity index (χ3v) is 3.32. The number of unbranched alkanes of at least 4 members (excludes halogenated alkanes) is 3. The standard InChI is InChI=1S/C8H16O.C7H6F2OS/c1-3-4-5-6-7-8(2)9;1-11-4-2-5(8)7(10)6(9)3-4/h3-7H2,1-2H3;2-3,10H,1H3. The molecule has 0 heterocycles. The average Bonchev–Trinajstić information content (AvgIpc) is 2.41. The number of Topliss-reactive ketones (excluding diaryl/α,β-unsaturated/α-hetero) is 1. The molecule has 0 saturated heterocycles. The zero-order valence-electron chi connectivity index (χ0n) is 12.2. The van der Waals surface area contributed by atoms with Crippen molar-refractivity contribution >= 4 is 17.5 Å². The van der Waals surface area contributed by atoms with Crippen LogP contribution >= 0.6 is 11.8 Å². The van der Waals surface area contributed by atoms with Crippen LogP contribution in [0.2, 0.25) is 0 Å². The number of hydrogen-bond donors (Lipinski definition) is 1. The number of rotatable bonds is 6. The van der Waals surface area contributed by atoms with E-state index in [1.54, 1.807) is 13.2 Å². The maximum Gasteiger partial charge on any atom is 0.187 e. The molecule has 0 amide bonds. The molecule has 1 rings (SSSR count). The quantitative estimate of drug-likeness (QED) is 0.597. The molecule has 0 fully saturated rings. The maximum absolute atomic E-state index is 12.5. The molecular formula is C15H22F2O2S. The molecule has 2 nitrogen and oxygen atoms in total. The lowest BCUT2D eigenvalue weighted by Crippen LogP contribution is -1.88. The summed E-state index contributed by atoms with van der Waals surface area (Å²) in [5.74, 6) is -2.43. The first-order valence-electron chi connectivity index (χ1n) is 6.63. The second-order valence-electron chi connectivity index (χ2n) is 4.45. The van der Waals surface area contributed by atoms with Gasteiger partial charge >= 0.3 is 0 Å². The number of hydrogen-bond acceptors (Lipinski definition) is 3. The number of carbonyl (C=O) groups is 1. The number of phenols is 1. The van der Waals surface area contributed by atoms with Crippen molar-refractivity contribution in [1.82, 2.24) is 0 Å². The van der Waals surface area contributed by atoms with Crippen LogP contribution in [0.4, 0.5) is 8.78 Å². The Labute approximate surface area is 123 Å². The maximum atomic E-state index is 12.5. The Morgan fingerprint density at radius 3 is 2.15 bits per heavy atom. The predicted octanol–water partition coefficient (Wildman–Crippen LogP) is 4.94. The zero-order valence-corrected chi connectivity index (χ0v) is 13.0. The van der Waals surface area contributed by atoms with E-state index in [2.05, 4.69) is 6.92 Å². The molecule has 0 bridgehead atoms. The molecule has 0 aliphatic rings. The summed E-state index contributed by atoms with van der Waals surface area (Å²) in [6.07, 6.45) is 7.30. The normalized spacial score (nSPS) is 9.85. The minimum atomic E-state index is -0.922. The number of phenolic OH excluding ortho intramolecular Hbond substituents is 1. The van der Waals surface area contributed by atoms with Crippen LogP contribution in [-0.2, 0) is 4.79 Å². The number of aromatic hydroxyl groups is 1. The Bertz CT molecular complexity index is 399. The van der Waals surface area contributed by atoms with E-state index in [4.69, 9.17) is 5.11 Å². The number of halogens is 2. The van der Waals surface area contributed by atoms with Gasteiger partial charge in [-0.25, -0.2) is 8.78 Å². The van der Waals surface area contributed by atoms with Crippen molar-refractivity contribution in [2.75, 3.05) is 6.26 Å². The average molecular weight is 304 g/mol. The van der Waals surface area contributed by atoms with E-state index in [0.29, 0.717) is 10.7 Å². The molecule has 0 aliphatic heterocycles. The van der Waals surface area contributed by atoms with Crippen molar-refractivity contribution < 1.29 is 18.7 Å². The zero-order chi connectivity index (χ0) is 15.5. The lowest BCUT2D eigenvalue weighted by Gasteiger charge is -1.99. The molecule has 0 atom stereocenters. The number of carbonyl (C=O) groups excluding carboxylic acids is 1. The van der Waals surface area contributed by atoms with Gasteiger partial charge in [0.15, 0.2) is 17.4 Å². The second-order valence-corrected chi connectivity index (χ2v) is 5.33. The molecule has 1 aromatic carbocycles. The van der Waals surface area contributed by atoms with Gasteiger partial charge in [0.05, 0.1) is 0 Å². The molecule has 0 aromatic heterocycles. The van der Waals surface area contributed by atoms with Crippen LogP contribution in [0, 0.1) is 11.6 Å². The highest BCUT2D eigenvalue weighted by molar-refractivity contribution is 7.98. The van der Waals surface area contributed by atoms with E-state index in [0.717, 1.165) is 25.0 Å². The molecule has 0 aliphatic carbocycles. The van der Waals surface area contributed by atoms with E-state index in [-0.39, 0.29) is 0 Å². The van der Waals surface area contributed by atoms with E-state index in [9.17, 15) is 13.6 Å². The molecule has 114 valence electrons. The van der Waals surface area contributed by atoms with Gasteiger partial charge in [0.2, 0.25) is 0 Å². The number of ketones is 1. The highest BCUT2D eigenvalue weighted by atomic mass is 32.2. The van der Waals surface area contributed by atoms with Gasteiger partial charge in [0.1, 0.15) is 5.78 Å². The van der Waals surface area contributed by atoms with Crippen LogP contribution in [0.15, 0.2) is 17.0 Å². The minimum absolute atomic E-state index is 0.325. The monoisotopic (exact) mass is 304 g/mol. The first-order valence-corrected chi connectivity index (χ1v) is 7.86. The SMILES string of the molecule is CCCCCCC(C)=O.CSc1cc(F)c(O)c(F)c1. The molecule has 0 saturated carbocycles. The van der Waals surface area contributed by atoms with Gasteiger partial charge in [0, 0.05) is 11.3 Å². The molecule has 1 aromatic rings. The van der Waals surface area contributed by atoms with Gasteiger partial charge in [-0.15, -0.1) is 11.8 Å². The van der Waals surface area contributed by atoms with Crippen molar-refractivity contribution in [2.45, 2.75) is 50.8 Å². The molecule has 1 N–H and O–H groups in total. The van der Waals surface area contributed by atoms with Crippen LogP contribution in [0.5, 0.6) is 5.75 Å². The minimum Gasteiger partial charge on any atom is -0.503 e. The number of benzene rings is 1. The van der Waals surface area contributed by atoms with Gasteiger partial charge in [0.25, 0.3) is 0 Å². The highest BCUT2D eigenvalue weighted by Crippen LogP contribution is 2.25. The Kier molecular flexibility index (Phi) is 10.1. The van der Waals surface area contributed by atoms with Crippen molar-refractivity contribution in [3.8, 4) is 5.75 Å². The van der Waals surface area contributed by atoms with Crippen LogP contribution in [0.25, 0.3) is 0 Å². The van der Waals surface area contributed by atoms with Crippen molar-refractivity contribution in [3.05, 3.63) is 23.8 Å². The lowest BCUT2D eigenvalue weighted by molar-refractivity contribution is -0.117. The fraction of sp³-hybridized carbons (Fsp3) is 0.533. The summed E-state index contributed by atoms with van der Waals surface area (Å²) in [6, 6.07) is 2.17. The molecule has 0 radical (unpaired) electrons. The third-order valence-electron chi connectivity index (χ3n) is 2.61. The Balaban J connectivity index is 0.000000370. The van der Waals surface area contributed by atoms with Gasteiger partial charge in [-0.1, -0.05) is 26.2 Å². The first kappa shape index (κ1) is 18.9. The van der Waals surface area contributed by atoms with Gasteiger partial charge in [-0.3, -0.25) is 0 Å². The lowest BCUT2D eigenvalue weighted by atomic mass is 10.1. The topological polar surface area (TPSA) is 37.3 Å². The van der Waals surface area contributed by atoms with Gasteiger partial charge in [-0.05, 0) is 31.7 Å². The molecular weight excluding hydrogens is 282 g/mol. The second kappa shape index (κ2) is 10.7. The Morgan fingerprint density at radius 2 is 1.75 bits per heavy atom. The first-order chi connectivity index (χ1) is 9.42. The van der Waals surface area contributed by atoms with Crippen LogP contribution < -0.4 is 0 Å². The van der Waals surface area contributed by atoms with Crippen LogP contribution in [-0.4, -0.2) is 17.1 Å². The summed E-state index contributed by atoms with van der Waals surface area (Å²) >= 11 is 1.21. The van der Waals surface area contributed by atoms with E-state index >= 15 is 0 Å². The molecule has 0 unspecified atom stereocenters. The third kappa shape index (κ3) is 8.15. The molecule has 20 heavy (non-hydrogen) atoms. The van der Waals surface area contributed by atoms with E-state index < -0.39 is 17.4 Å². The van der Waals surface area contributed by atoms with Crippen molar-refractivity contribution in [2.24, 2.45) is 0 Å². The fourth-order valence-electron chi connectivity index (χ4n) is 1.46. The van der Waals surface area contributed by atoms with E-state index in [1.807, 2.05) is 0 Å². The number of thioether (sulfide) groups is 1. The predicted molar refractivity (Wildman–Crippen MR) is 79.2 cm³/mol. The van der Waals surface area contributed by atoms with Crippen LogP contribution in [0.3, 0.4) is 0 Å². The summed E-state index contributed by atoms with van der Waals surface area (Å²) in [4.78, 5) is 10.9. The highest BCUT2D eigenvalue weighted by Gasteiger charge is 2.08. The summed E-state index contributed by atoms with van der Waals surface area (Å²) in [5, 5.41) is 8.67. The van der Waals surface area contributed by atoms with Crippen molar-refractivity contribution in [3.63, 3.8) is 0 Å². The Morgan fingerprint density at radius 1 is 1.20 bits per heavy atom. The molecule has 0 spiro atoms. The Hall–Kier alpha value is -1.10. The molecule has 5 heteroatoms. The summed E-state index contributed by atoms with van der Waals surface area (Å²) in [7, 11) is 0. The summed E-state index contributed by atoms with van der Waals surface area (Å²) in [5.41, 5.74) is 0. The van der Waals surface area contributed by atoms with Crippen molar-refractivity contribution in [1.29, 1.82) is 0 Å². The van der Waals surface area contributed by atoms with Gasteiger partial charge < -0.3 is 9.90 Å². The van der Waals surface area contributed by atoms with Gasteiger partial charge in [-0.2, -0.15) is 0 Å². The largest absolute Gasteiger partial charge is 0.503 e. The fourth-order valence-corrected chi connectivity index (χ4v) is 1.90. The summed E-state index contributed by atoms with van der Waals surface area (Å²) in [6.45, 7) is 3.83. The van der Waals surface area contributed by atoms with Crippen LogP contribution in [0.1, 0.15) is 46.0 Å².